The minimum absolute atomic E-state index is 0.157. The molecule has 2 fully saturated rings. The van der Waals surface area contributed by atoms with Gasteiger partial charge in [0.25, 0.3) is 0 Å². The molecule has 0 bridgehead atoms. The summed E-state index contributed by atoms with van der Waals surface area (Å²) in [4.78, 5) is 21.3. The number of imidazole rings is 1. The van der Waals surface area contributed by atoms with Gasteiger partial charge < -0.3 is 25.6 Å². The molecule has 12 nitrogen and oxygen atoms in total. The van der Waals surface area contributed by atoms with Crippen LogP contribution in [0.2, 0.25) is 0 Å². The van der Waals surface area contributed by atoms with E-state index in [0.717, 1.165) is 0 Å². The molecule has 2 aromatic rings. The fourth-order valence-electron chi connectivity index (χ4n) is 2.62. The molecule has 5 atom stereocenters. The zero-order valence-electron chi connectivity index (χ0n) is 13.2. The van der Waals surface area contributed by atoms with E-state index in [1.807, 2.05) is 0 Å². The maximum Gasteiger partial charge on any atom is 0.472 e. The molecule has 0 spiro atoms. The summed E-state index contributed by atoms with van der Waals surface area (Å²) in [6, 6.07) is 0. The molecular formula is C12H18N5O7P. The van der Waals surface area contributed by atoms with E-state index in [-0.39, 0.29) is 19.0 Å². The number of ether oxygens (including phenoxy) is 1. The van der Waals surface area contributed by atoms with E-state index in [1.165, 1.54) is 17.2 Å². The van der Waals surface area contributed by atoms with Crippen molar-refractivity contribution >= 4 is 24.8 Å². The van der Waals surface area contributed by atoms with E-state index < -0.39 is 32.4 Å². The molecule has 0 aliphatic carbocycles. The number of phosphoric acid groups is 1. The summed E-state index contributed by atoms with van der Waals surface area (Å²) in [6.45, 7) is 1.77. The molecule has 1 unspecified atom stereocenters. The van der Waals surface area contributed by atoms with Gasteiger partial charge in [-0.2, -0.15) is 0 Å². The van der Waals surface area contributed by atoms with E-state index in [4.69, 9.17) is 20.1 Å². The van der Waals surface area contributed by atoms with Crippen LogP contribution in [0.3, 0.4) is 0 Å². The Bertz CT molecular complexity index is 801. The predicted molar refractivity (Wildman–Crippen MR) is 83.1 cm³/mol. The highest BCUT2D eigenvalue weighted by Crippen LogP contribution is 2.52. The highest BCUT2D eigenvalue weighted by atomic mass is 31.2. The molecule has 0 aromatic carbocycles. The van der Waals surface area contributed by atoms with Gasteiger partial charge >= 0.3 is 7.82 Å². The van der Waals surface area contributed by atoms with E-state index in [9.17, 15) is 14.6 Å². The van der Waals surface area contributed by atoms with E-state index >= 15 is 0 Å². The second kappa shape index (κ2) is 6.92. The molecule has 4 heterocycles. The average molecular weight is 375 g/mol. The van der Waals surface area contributed by atoms with E-state index in [2.05, 4.69) is 19.5 Å². The number of aromatic nitrogens is 4. The van der Waals surface area contributed by atoms with Crippen LogP contribution >= 0.6 is 7.82 Å². The van der Waals surface area contributed by atoms with Crippen LogP contribution in [-0.4, -0.2) is 66.2 Å². The summed E-state index contributed by atoms with van der Waals surface area (Å²) in [7, 11) is -4.16. The predicted octanol–water partition coefficient (Wildman–Crippen LogP) is -0.819. The lowest BCUT2D eigenvalue weighted by Crippen LogP contribution is -2.39. The van der Waals surface area contributed by atoms with Gasteiger partial charge in [0.05, 0.1) is 12.9 Å². The average Bonchev–Trinajstić information content (AvgIpc) is 3.10. The number of fused-ring (bicyclic) bond motifs is 2. The Balaban J connectivity index is 0.000000569. The number of hydrogen-bond donors (Lipinski definition) is 4. The monoisotopic (exact) mass is 375 g/mol. The maximum absolute atomic E-state index is 11.5. The van der Waals surface area contributed by atoms with Crippen molar-refractivity contribution in [2.75, 3.05) is 18.9 Å². The number of hydrogen-bond acceptors (Lipinski definition) is 10. The Morgan fingerprint density at radius 3 is 2.88 bits per heavy atom. The second-order valence-corrected chi connectivity index (χ2v) is 6.70. The molecule has 2 saturated heterocycles. The number of aliphatic hydroxyl groups is 2. The fourth-order valence-corrected chi connectivity index (χ4v) is 3.59. The van der Waals surface area contributed by atoms with Crippen LogP contribution in [0.25, 0.3) is 11.2 Å². The summed E-state index contributed by atoms with van der Waals surface area (Å²) in [6.07, 6.45) is -1.07. The van der Waals surface area contributed by atoms with Crippen molar-refractivity contribution in [2.45, 2.75) is 31.5 Å². The molecule has 25 heavy (non-hydrogen) atoms. The van der Waals surface area contributed by atoms with E-state index in [1.54, 1.807) is 6.92 Å². The summed E-state index contributed by atoms with van der Waals surface area (Å²) in [5.41, 5.74) is 6.46. The van der Waals surface area contributed by atoms with Gasteiger partial charge in [0, 0.05) is 6.61 Å². The lowest BCUT2D eigenvalue weighted by atomic mass is 10.1. The highest BCUT2D eigenvalue weighted by molar-refractivity contribution is 7.47. The molecule has 0 amide bonds. The number of nitrogens with zero attached hydrogens (tertiary/aromatic N) is 4. The van der Waals surface area contributed by atoms with Crippen LogP contribution in [0.4, 0.5) is 5.82 Å². The molecule has 2 aliphatic heterocycles. The molecule has 5 N–H and O–H groups in total. The molecule has 2 aliphatic rings. The molecule has 0 radical (unpaired) electrons. The van der Waals surface area contributed by atoms with Gasteiger partial charge in [0.2, 0.25) is 0 Å². The first-order chi connectivity index (χ1) is 11.9. The largest absolute Gasteiger partial charge is 0.472 e. The second-order valence-electron chi connectivity index (χ2n) is 5.29. The third kappa shape index (κ3) is 3.37. The van der Waals surface area contributed by atoms with Gasteiger partial charge in [0.1, 0.15) is 30.2 Å². The first kappa shape index (κ1) is 18.1. The van der Waals surface area contributed by atoms with E-state index in [0.29, 0.717) is 11.2 Å². The van der Waals surface area contributed by atoms with Crippen molar-refractivity contribution in [1.82, 2.24) is 19.5 Å². The smallest absolute Gasteiger partial charge is 0.397 e. The van der Waals surface area contributed by atoms with Crippen LogP contribution in [0.15, 0.2) is 12.7 Å². The summed E-state index contributed by atoms with van der Waals surface area (Å²) >= 11 is 0. The quantitative estimate of drug-likeness (QED) is 0.458. The molecule has 4 rings (SSSR count). The minimum Gasteiger partial charge on any atom is -0.397 e. The number of phosphoric ester groups is 1. The first-order valence-electron chi connectivity index (χ1n) is 7.41. The number of nitrogen functional groups attached to an aromatic ring is 1. The maximum atomic E-state index is 11.5. The third-order valence-corrected chi connectivity index (χ3v) is 4.61. The summed E-state index contributed by atoms with van der Waals surface area (Å²) < 4.78 is 28.2. The minimum atomic E-state index is -4.16. The Hall–Kier alpha value is -1.66. The van der Waals surface area contributed by atoms with Gasteiger partial charge in [-0.15, -0.1) is 0 Å². The number of aliphatic hydroxyl groups excluding tert-OH is 2. The topological polar surface area (TPSA) is 175 Å². The van der Waals surface area contributed by atoms with Crippen LogP contribution < -0.4 is 5.73 Å². The van der Waals surface area contributed by atoms with Crippen molar-refractivity contribution < 1.29 is 33.5 Å². The first-order valence-corrected chi connectivity index (χ1v) is 8.90. The lowest BCUT2D eigenvalue weighted by molar-refractivity contribution is -0.0664. The van der Waals surface area contributed by atoms with Gasteiger partial charge in [-0.3, -0.25) is 13.6 Å². The molecule has 0 saturated carbocycles. The standard InChI is InChI=1S/C10H12N5O6P.C2H6O/c11-8-5-9(13-2-12-8)15(3-14-5)10-6(16)7-4(20-10)1-19-22(17,18)21-7;1-2-3/h2-4,6-7,10,16H,1H2,(H,17,18)(H2,11,12,13);3H,2H2,1H3/t4-,6-,7-,10-;/m1./s1. The fraction of sp³-hybridized carbons (Fsp3) is 0.583. The summed E-state index contributed by atoms with van der Waals surface area (Å²) in [5.74, 6) is 0.202. The SMILES string of the molecule is CCO.Nc1ncnc2c1ncn2[C@@H]1O[C@@H]2COP(=O)(O)O[C@H]2[C@H]1O. The number of nitrogens with two attached hydrogens (primary N) is 1. The molecule has 13 heteroatoms. The number of anilines is 1. The number of rotatable bonds is 1. The third-order valence-electron chi connectivity index (χ3n) is 3.63. The van der Waals surface area contributed by atoms with Gasteiger partial charge in [-0.25, -0.2) is 19.5 Å². The summed E-state index contributed by atoms with van der Waals surface area (Å²) in [5, 5.41) is 17.9. The normalized spacial score (nSPS) is 34.4. The Morgan fingerprint density at radius 2 is 2.16 bits per heavy atom. The van der Waals surface area contributed by atoms with Crippen molar-refractivity contribution in [3.05, 3.63) is 12.7 Å². The molecular weight excluding hydrogens is 357 g/mol. The van der Waals surface area contributed by atoms with Crippen LogP contribution in [0.1, 0.15) is 13.2 Å². The zero-order chi connectivity index (χ0) is 18.2. The van der Waals surface area contributed by atoms with Crippen molar-refractivity contribution in [1.29, 1.82) is 0 Å². The van der Waals surface area contributed by atoms with Gasteiger partial charge in [-0.1, -0.05) is 0 Å². The highest BCUT2D eigenvalue weighted by Gasteiger charge is 2.52. The van der Waals surface area contributed by atoms with Crippen LogP contribution in [0.5, 0.6) is 0 Å². The van der Waals surface area contributed by atoms with Crippen molar-refractivity contribution in [3.8, 4) is 0 Å². The molecule has 2 aromatic heterocycles. The Labute approximate surface area is 141 Å². The van der Waals surface area contributed by atoms with Crippen molar-refractivity contribution in [2.24, 2.45) is 0 Å². The zero-order valence-corrected chi connectivity index (χ0v) is 14.1. The van der Waals surface area contributed by atoms with Crippen LogP contribution in [-0.2, 0) is 18.3 Å². The molecule has 138 valence electrons. The van der Waals surface area contributed by atoms with Crippen molar-refractivity contribution in [3.63, 3.8) is 0 Å². The van der Waals surface area contributed by atoms with Crippen LogP contribution in [0, 0.1) is 0 Å². The lowest BCUT2D eigenvalue weighted by Gasteiger charge is -2.27. The van der Waals surface area contributed by atoms with Gasteiger partial charge in [0.15, 0.2) is 17.7 Å². The van der Waals surface area contributed by atoms with Gasteiger partial charge in [-0.05, 0) is 6.92 Å². The Morgan fingerprint density at radius 1 is 1.44 bits per heavy atom. The Kier molecular flexibility index (Phi) is 5.02.